The molecule has 84 valence electrons. The Morgan fingerprint density at radius 1 is 1.18 bits per heavy atom. The van der Waals surface area contributed by atoms with Crippen LogP contribution in [0.3, 0.4) is 0 Å². The minimum atomic E-state index is -0.898. The number of aryl methyl sites for hydroxylation is 1. The summed E-state index contributed by atoms with van der Waals surface area (Å²) in [5.41, 5.74) is 2.95. The summed E-state index contributed by atoms with van der Waals surface area (Å²) in [5.74, 6) is -0.898. The summed E-state index contributed by atoms with van der Waals surface area (Å²) in [6.45, 7) is 1.91. The summed E-state index contributed by atoms with van der Waals surface area (Å²) < 4.78 is 0. The maximum Gasteiger partial charge on any atom is 0.337 e. The third-order valence-electron chi connectivity index (χ3n) is 2.99. The fraction of sp³-hybridized carbons (Fsp3) is 0.0714. The normalized spacial score (nSPS) is 11.1. The lowest BCUT2D eigenvalue weighted by Crippen LogP contribution is -1.97. The first kappa shape index (κ1) is 9.90. The Hall–Kier alpha value is -2.29. The second kappa shape index (κ2) is 3.35. The van der Waals surface area contributed by atoms with Gasteiger partial charge in [0.15, 0.2) is 0 Å². The predicted molar refractivity (Wildman–Crippen MR) is 67.5 cm³/mol. The molecule has 1 aromatic heterocycles. The van der Waals surface area contributed by atoms with Crippen molar-refractivity contribution in [1.29, 1.82) is 0 Å². The van der Waals surface area contributed by atoms with E-state index in [0.29, 0.717) is 11.1 Å². The Labute approximate surface area is 97.7 Å². The second-order valence-corrected chi connectivity index (χ2v) is 4.21. The summed E-state index contributed by atoms with van der Waals surface area (Å²) in [6, 6.07) is 11.6. The van der Waals surface area contributed by atoms with E-state index in [9.17, 15) is 9.90 Å². The Morgan fingerprint density at radius 3 is 2.71 bits per heavy atom. The summed E-state index contributed by atoms with van der Waals surface area (Å²) in [7, 11) is 0. The van der Waals surface area contributed by atoms with Gasteiger partial charge in [-0.25, -0.2) is 4.79 Å². The topological polar surface area (TPSA) is 53.1 Å². The molecule has 1 heterocycles. The lowest BCUT2D eigenvalue weighted by molar-refractivity contribution is 0.0699. The molecule has 3 nitrogen and oxygen atoms in total. The van der Waals surface area contributed by atoms with Crippen molar-refractivity contribution in [3.8, 4) is 0 Å². The molecule has 2 N–H and O–H groups in total. The van der Waals surface area contributed by atoms with Crippen LogP contribution in [0, 0.1) is 6.92 Å². The van der Waals surface area contributed by atoms with E-state index < -0.39 is 5.97 Å². The van der Waals surface area contributed by atoms with Crippen molar-refractivity contribution < 1.29 is 9.90 Å². The van der Waals surface area contributed by atoms with Gasteiger partial charge in [0.05, 0.1) is 11.1 Å². The van der Waals surface area contributed by atoms with E-state index in [1.54, 1.807) is 6.07 Å². The minimum absolute atomic E-state index is 0.330. The first-order chi connectivity index (χ1) is 8.16. The molecular weight excluding hydrogens is 214 g/mol. The summed E-state index contributed by atoms with van der Waals surface area (Å²) in [6.07, 6.45) is 0. The van der Waals surface area contributed by atoms with Crippen molar-refractivity contribution in [3.63, 3.8) is 0 Å². The van der Waals surface area contributed by atoms with E-state index >= 15 is 0 Å². The average molecular weight is 225 g/mol. The Bertz CT molecular complexity index is 740. The number of para-hydroxylation sites is 1. The molecule has 0 aliphatic rings. The molecule has 0 radical (unpaired) electrons. The fourth-order valence-electron chi connectivity index (χ4n) is 2.26. The lowest BCUT2D eigenvalue weighted by atomic mass is 10.1. The van der Waals surface area contributed by atoms with E-state index in [2.05, 4.69) is 4.98 Å². The van der Waals surface area contributed by atoms with Crippen molar-refractivity contribution in [2.45, 2.75) is 6.92 Å². The molecule has 0 saturated carbocycles. The summed E-state index contributed by atoms with van der Waals surface area (Å²) in [4.78, 5) is 14.4. The summed E-state index contributed by atoms with van der Waals surface area (Å²) in [5, 5.41) is 11.2. The van der Waals surface area contributed by atoms with E-state index in [1.807, 2.05) is 37.3 Å². The number of hydrogen-bond acceptors (Lipinski definition) is 1. The van der Waals surface area contributed by atoms with Crippen molar-refractivity contribution in [3.05, 3.63) is 47.5 Å². The van der Waals surface area contributed by atoms with Crippen LogP contribution >= 0.6 is 0 Å². The number of carbonyl (C=O) groups is 1. The highest BCUT2D eigenvalue weighted by Crippen LogP contribution is 2.28. The minimum Gasteiger partial charge on any atom is -0.478 e. The van der Waals surface area contributed by atoms with Gasteiger partial charge >= 0.3 is 5.97 Å². The zero-order chi connectivity index (χ0) is 12.0. The van der Waals surface area contributed by atoms with Crippen LogP contribution in [-0.2, 0) is 0 Å². The number of benzene rings is 2. The predicted octanol–water partition coefficient (Wildman–Crippen LogP) is 3.33. The number of rotatable bonds is 1. The van der Waals surface area contributed by atoms with Gasteiger partial charge in [-0.05, 0) is 30.7 Å². The third-order valence-corrected chi connectivity index (χ3v) is 2.99. The molecule has 0 aliphatic heterocycles. The van der Waals surface area contributed by atoms with Gasteiger partial charge in [-0.2, -0.15) is 0 Å². The first-order valence-corrected chi connectivity index (χ1v) is 5.41. The van der Waals surface area contributed by atoms with Crippen molar-refractivity contribution >= 4 is 27.8 Å². The number of aromatic amines is 1. The number of hydrogen-bond donors (Lipinski definition) is 2. The number of nitrogens with one attached hydrogen (secondary N) is 1. The van der Waals surface area contributed by atoms with E-state index in [-0.39, 0.29) is 0 Å². The standard InChI is InChI=1S/C14H11NO2/c1-8-6-10-9-4-2-3-5-12(9)15-13(10)11(7-8)14(16)17/h2-7,15H,1H3,(H,16,17). The molecule has 0 unspecified atom stereocenters. The third kappa shape index (κ3) is 1.40. The highest BCUT2D eigenvalue weighted by Gasteiger charge is 2.13. The molecule has 3 aromatic rings. The van der Waals surface area contributed by atoms with Crippen LogP contribution in [0.15, 0.2) is 36.4 Å². The number of carboxylic acids is 1. The molecule has 0 saturated heterocycles. The van der Waals surface area contributed by atoms with Crippen LogP contribution in [0.2, 0.25) is 0 Å². The zero-order valence-corrected chi connectivity index (χ0v) is 9.32. The SMILES string of the molecule is Cc1cc(C(=O)O)c2[nH]c3ccccc3c2c1. The maximum atomic E-state index is 11.2. The fourth-order valence-corrected chi connectivity index (χ4v) is 2.26. The molecule has 3 rings (SSSR count). The molecule has 17 heavy (non-hydrogen) atoms. The first-order valence-electron chi connectivity index (χ1n) is 5.41. The highest BCUT2D eigenvalue weighted by atomic mass is 16.4. The van der Waals surface area contributed by atoms with Gasteiger partial charge in [0.1, 0.15) is 0 Å². The Kier molecular flexibility index (Phi) is 1.95. The van der Waals surface area contributed by atoms with Gasteiger partial charge in [0.25, 0.3) is 0 Å². The van der Waals surface area contributed by atoms with Gasteiger partial charge in [-0.3, -0.25) is 0 Å². The van der Waals surface area contributed by atoms with Gasteiger partial charge in [-0.1, -0.05) is 18.2 Å². The van der Waals surface area contributed by atoms with Gasteiger partial charge < -0.3 is 10.1 Å². The largest absolute Gasteiger partial charge is 0.478 e. The van der Waals surface area contributed by atoms with Crippen LogP contribution in [0.4, 0.5) is 0 Å². The van der Waals surface area contributed by atoms with E-state index in [0.717, 1.165) is 21.9 Å². The number of fused-ring (bicyclic) bond motifs is 3. The van der Waals surface area contributed by atoms with Crippen molar-refractivity contribution in [2.24, 2.45) is 0 Å². The van der Waals surface area contributed by atoms with Gasteiger partial charge in [-0.15, -0.1) is 0 Å². The molecule has 0 bridgehead atoms. The Morgan fingerprint density at radius 2 is 1.94 bits per heavy atom. The van der Waals surface area contributed by atoms with E-state index in [1.165, 1.54) is 0 Å². The second-order valence-electron chi connectivity index (χ2n) is 4.21. The van der Waals surface area contributed by atoms with E-state index in [4.69, 9.17) is 0 Å². The monoisotopic (exact) mass is 225 g/mol. The van der Waals surface area contributed by atoms with Crippen LogP contribution in [0.25, 0.3) is 21.8 Å². The molecule has 0 fully saturated rings. The lowest BCUT2D eigenvalue weighted by Gasteiger charge is -2.00. The molecule has 0 amide bonds. The molecule has 2 aromatic carbocycles. The molecule has 0 spiro atoms. The summed E-state index contributed by atoms with van der Waals surface area (Å²) >= 11 is 0. The molecule has 3 heteroatoms. The van der Waals surface area contributed by atoms with Crippen LogP contribution in [0.5, 0.6) is 0 Å². The van der Waals surface area contributed by atoms with Gasteiger partial charge in [0, 0.05) is 16.3 Å². The van der Waals surface area contributed by atoms with Crippen molar-refractivity contribution in [2.75, 3.05) is 0 Å². The highest BCUT2D eigenvalue weighted by molar-refractivity contribution is 6.13. The number of H-pyrrole nitrogens is 1. The number of carboxylic acid groups (broad SMARTS) is 1. The van der Waals surface area contributed by atoms with Crippen LogP contribution in [0.1, 0.15) is 15.9 Å². The maximum absolute atomic E-state index is 11.2. The smallest absolute Gasteiger partial charge is 0.337 e. The molecule has 0 atom stereocenters. The van der Waals surface area contributed by atoms with Crippen molar-refractivity contribution in [1.82, 2.24) is 4.98 Å². The van der Waals surface area contributed by atoms with Gasteiger partial charge in [0.2, 0.25) is 0 Å². The van der Waals surface area contributed by atoms with Crippen LogP contribution in [-0.4, -0.2) is 16.1 Å². The number of aromatic carboxylic acids is 1. The van der Waals surface area contributed by atoms with Crippen LogP contribution < -0.4 is 0 Å². The number of aromatic nitrogens is 1. The quantitative estimate of drug-likeness (QED) is 0.667. The molecular formula is C14H11NO2. The zero-order valence-electron chi connectivity index (χ0n) is 9.32. The molecule has 0 aliphatic carbocycles. The Balaban J connectivity index is 2.55. The average Bonchev–Trinajstić information content (AvgIpc) is 2.66.